The van der Waals surface area contributed by atoms with Crippen LogP contribution in [-0.4, -0.2) is 43.7 Å². The zero-order chi connectivity index (χ0) is 24.3. The number of rotatable bonds is 7. The highest BCUT2D eigenvalue weighted by Gasteiger charge is 2.30. The molecule has 5 heteroatoms. The lowest BCUT2D eigenvalue weighted by Gasteiger charge is -2.35. The van der Waals surface area contributed by atoms with Crippen molar-refractivity contribution < 1.29 is 19.0 Å². The predicted octanol–water partition coefficient (Wildman–Crippen LogP) is 6.00. The molecule has 6 rings (SSSR count). The first-order valence-electron chi connectivity index (χ1n) is 14.1. The van der Waals surface area contributed by atoms with E-state index in [9.17, 15) is 4.79 Å². The summed E-state index contributed by atoms with van der Waals surface area (Å²) in [6.45, 7) is 4.46. The lowest BCUT2D eigenvalue weighted by molar-refractivity contribution is -0.125. The van der Waals surface area contributed by atoms with Crippen LogP contribution < -0.4 is 14.2 Å². The summed E-state index contributed by atoms with van der Waals surface area (Å²) in [6.07, 6.45) is 10.3. The number of ether oxygens (including phenoxy) is 3. The summed E-state index contributed by atoms with van der Waals surface area (Å²) >= 11 is 0. The number of carbonyl (C=O) groups is 1. The Morgan fingerprint density at radius 1 is 0.833 bits per heavy atom. The number of hydrogen-bond donors (Lipinski definition) is 0. The minimum Gasteiger partial charge on any atom is -0.493 e. The molecule has 1 saturated carbocycles. The van der Waals surface area contributed by atoms with Crippen molar-refractivity contribution in [1.29, 1.82) is 0 Å². The van der Waals surface area contributed by atoms with Crippen LogP contribution in [0.4, 0.5) is 0 Å². The minimum absolute atomic E-state index is 0.0385. The highest BCUT2D eigenvalue weighted by Crippen LogP contribution is 2.42. The van der Waals surface area contributed by atoms with Crippen molar-refractivity contribution in [2.45, 2.75) is 63.7 Å². The number of fused-ring (bicyclic) bond motifs is 2. The number of para-hydroxylation sites is 2. The van der Waals surface area contributed by atoms with Gasteiger partial charge in [0.05, 0.1) is 12.5 Å². The Bertz CT molecular complexity index is 1050. The van der Waals surface area contributed by atoms with Gasteiger partial charge in [0.25, 0.3) is 0 Å². The third-order valence-corrected chi connectivity index (χ3v) is 9.10. The smallest absolute Gasteiger partial charge is 0.231 e. The normalized spacial score (nSPS) is 26.3. The number of benzene rings is 2. The molecule has 3 aliphatic heterocycles. The molecule has 2 aromatic rings. The quantitative estimate of drug-likeness (QED) is 0.477. The molecule has 1 atom stereocenters. The van der Waals surface area contributed by atoms with Crippen molar-refractivity contribution in [3.8, 4) is 17.2 Å². The van der Waals surface area contributed by atoms with E-state index in [1.807, 2.05) is 24.3 Å². The summed E-state index contributed by atoms with van der Waals surface area (Å²) < 4.78 is 17.2. The molecule has 0 amide bonds. The summed E-state index contributed by atoms with van der Waals surface area (Å²) in [5.74, 6) is 5.26. The fourth-order valence-corrected chi connectivity index (χ4v) is 6.82. The van der Waals surface area contributed by atoms with Gasteiger partial charge in [0.1, 0.15) is 11.5 Å². The van der Waals surface area contributed by atoms with Crippen LogP contribution in [0.5, 0.6) is 17.2 Å². The van der Waals surface area contributed by atoms with Crippen molar-refractivity contribution in [3.05, 3.63) is 53.6 Å². The molecule has 36 heavy (non-hydrogen) atoms. The standard InChI is InChI=1S/C31H39NO4/c33-28(26-19-25-4-1-2-6-29(25)34-20-26)18-23-10-8-22(9-11-23)12-15-32-16-13-24(14-17-32)27-5-3-7-30-31(27)36-21-35-30/h1-7,22-24,26H,8-21H2. The number of nitrogens with zero attached hydrogens (tertiary/aromatic N) is 1. The van der Waals surface area contributed by atoms with Gasteiger partial charge in [-0.05, 0) is 93.6 Å². The molecule has 0 spiro atoms. The van der Waals surface area contributed by atoms with Gasteiger partial charge < -0.3 is 19.1 Å². The molecule has 1 saturated heterocycles. The van der Waals surface area contributed by atoms with E-state index >= 15 is 0 Å². The lowest BCUT2D eigenvalue weighted by atomic mass is 9.77. The summed E-state index contributed by atoms with van der Waals surface area (Å²) in [6, 6.07) is 14.5. The number of carbonyl (C=O) groups excluding carboxylic acids is 1. The maximum absolute atomic E-state index is 13.0. The molecule has 3 heterocycles. The van der Waals surface area contributed by atoms with Gasteiger partial charge in [-0.15, -0.1) is 0 Å². The zero-order valence-corrected chi connectivity index (χ0v) is 21.3. The van der Waals surface area contributed by atoms with E-state index in [2.05, 4.69) is 23.1 Å². The molecular formula is C31H39NO4. The zero-order valence-electron chi connectivity index (χ0n) is 21.3. The van der Waals surface area contributed by atoms with Crippen LogP contribution in [0.15, 0.2) is 42.5 Å². The Labute approximate surface area is 215 Å². The predicted molar refractivity (Wildman–Crippen MR) is 140 cm³/mol. The first-order valence-corrected chi connectivity index (χ1v) is 14.1. The van der Waals surface area contributed by atoms with E-state index < -0.39 is 0 Å². The molecule has 0 aromatic heterocycles. The van der Waals surface area contributed by atoms with Crippen molar-refractivity contribution in [2.24, 2.45) is 17.8 Å². The largest absolute Gasteiger partial charge is 0.493 e. The van der Waals surface area contributed by atoms with Crippen molar-refractivity contribution >= 4 is 5.78 Å². The lowest BCUT2D eigenvalue weighted by Crippen LogP contribution is -2.35. The second-order valence-corrected chi connectivity index (χ2v) is 11.4. The van der Waals surface area contributed by atoms with Gasteiger partial charge in [-0.2, -0.15) is 0 Å². The topological polar surface area (TPSA) is 48.0 Å². The fraction of sp³-hybridized carbons (Fsp3) is 0.581. The summed E-state index contributed by atoms with van der Waals surface area (Å²) in [5.41, 5.74) is 2.52. The highest BCUT2D eigenvalue weighted by atomic mass is 16.7. The van der Waals surface area contributed by atoms with E-state index in [0.29, 0.717) is 31.0 Å². The number of hydrogen-bond acceptors (Lipinski definition) is 5. The molecule has 4 aliphatic rings. The first-order chi connectivity index (χ1) is 17.7. The molecule has 0 radical (unpaired) electrons. The van der Waals surface area contributed by atoms with Crippen molar-refractivity contribution in [3.63, 3.8) is 0 Å². The van der Waals surface area contributed by atoms with Crippen LogP contribution in [0.25, 0.3) is 0 Å². The maximum Gasteiger partial charge on any atom is 0.231 e. The fourth-order valence-electron chi connectivity index (χ4n) is 6.82. The number of piperidine rings is 1. The van der Waals surface area contributed by atoms with Gasteiger partial charge in [0, 0.05) is 12.0 Å². The highest BCUT2D eigenvalue weighted by molar-refractivity contribution is 5.82. The van der Waals surface area contributed by atoms with Crippen LogP contribution in [0.1, 0.15) is 68.4 Å². The van der Waals surface area contributed by atoms with E-state index in [4.69, 9.17) is 14.2 Å². The van der Waals surface area contributed by atoms with Crippen LogP contribution in [0.2, 0.25) is 0 Å². The number of ketones is 1. The average molecular weight is 490 g/mol. The molecule has 5 nitrogen and oxygen atoms in total. The first kappa shape index (κ1) is 23.8. The van der Waals surface area contributed by atoms with E-state index in [0.717, 1.165) is 36.0 Å². The van der Waals surface area contributed by atoms with Crippen LogP contribution in [0.3, 0.4) is 0 Å². The van der Waals surface area contributed by atoms with E-state index in [-0.39, 0.29) is 5.92 Å². The van der Waals surface area contributed by atoms with Crippen LogP contribution >= 0.6 is 0 Å². The summed E-state index contributed by atoms with van der Waals surface area (Å²) in [4.78, 5) is 15.6. The third kappa shape index (κ3) is 5.27. The molecular weight excluding hydrogens is 450 g/mol. The Kier molecular flexibility index (Phi) is 7.18. The Morgan fingerprint density at radius 2 is 1.61 bits per heavy atom. The summed E-state index contributed by atoms with van der Waals surface area (Å²) in [7, 11) is 0. The average Bonchev–Trinajstić information content (AvgIpc) is 3.42. The van der Waals surface area contributed by atoms with Crippen molar-refractivity contribution in [2.75, 3.05) is 33.0 Å². The maximum atomic E-state index is 13.0. The van der Waals surface area contributed by atoms with Crippen molar-refractivity contribution in [1.82, 2.24) is 4.90 Å². The molecule has 0 bridgehead atoms. The van der Waals surface area contributed by atoms with Gasteiger partial charge >= 0.3 is 0 Å². The van der Waals surface area contributed by atoms with Gasteiger partial charge in [0.2, 0.25) is 6.79 Å². The Balaban J connectivity index is 0.901. The van der Waals surface area contributed by atoms with Crippen LogP contribution in [-0.2, 0) is 11.2 Å². The Morgan fingerprint density at radius 3 is 2.47 bits per heavy atom. The Hall–Kier alpha value is -2.53. The minimum atomic E-state index is 0.0385. The third-order valence-electron chi connectivity index (χ3n) is 9.10. The molecule has 1 aliphatic carbocycles. The molecule has 192 valence electrons. The number of likely N-dealkylation sites (tertiary alicyclic amines) is 1. The monoisotopic (exact) mass is 489 g/mol. The number of Topliss-reactive ketones (excluding diaryl/α,β-unsaturated/α-hetero) is 1. The second-order valence-electron chi connectivity index (χ2n) is 11.4. The second kappa shape index (κ2) is 10.8. The van der Waals surface area contributed by atoms with Gasteiger partial charge in [-0.1, -0.05) is 43.2 Å². The summed E-state index contributed by atoms with van der Waals surface area (Å²) in [5, 5.41) is 0. The molecule has 2 fully saturated rings. The SMILES string of the molecule is O=C(CC1CCC(CCN2CCC(c3cccc4c3OCO4)CC2)CC1)C1COc2ccccc2C1. The van der Waals surface area contributed by atoms with E-state index in [1.54, 1.807) is 0 Å². The molecule has 1 unspecified atom stereocenters. The molecule has 2 aromatic carbocycles. The van der Waals surface area contributed by atoms with Crippen LogP contribution in [0, 0.1) is 17.8 Å². The van der Waals surface area contributed by atoms with E-state index in [1.165, 1.54) is 75.7 Å². The molecule has 0 N–H and O–H groups in total. The van der Waals surface area contributed by atoms with Gasteiger partial charge in [-0.3, -0.25) is 4.79 Å². The van der Waals surface area contributed by atoms with Gasteiger partial charge in [0.15, 0.2) is 11.5 Å². The van der Waals surface area contributed by atoms with Gasteiger partial charge in [-0.25, -0.2) is 0 Å².